The maximum atomic E-state index is 5.79. The van der Waals surface area contributed by atoms with Gasteiger partial charge in [0.15, 0.2) is 0 Å². The van der Waals surface area contributed by atoms with Gasteiger partial charge in [0.1, 0.15) is 0 Å². The summed E-state index contributed by atoms with van der Waals surface area (Å²) < 4.78 is 5.43. The van der Waals surface area contributed by atoms with Gasteiger partial charge in [-0.25, -0.2) is 0 Å². The van der Waals surface area contributed by atoms with Gasteiger partial charge in [0.05, 0.1) is 6.61 Å². The van der Waals surface area contributed by atoms with Crippen LogP contribution in [-0.2, 0) is 4.74 Å². The van der Waals surface area contributed by atoms with Crippen LogP contribution in [0, 0.1) is 5.92 Å². The van der Waals surface area contributed by atoms with Gasteiger partial charge in [0, 0.05) is 31.8 Å². The topological polar surface area (TPSA) is 38.5 Å². The van der Waals surface area contributed by atoms with Crippen molar-refractivity contribution in [3.05, 3.63) is 0 Å². The van der Waals surface area contributed by atoms with Crippen molar-refractivity contribution in [3.8, 4) is 0 Å². The van der Waals surface area contributed by atoms with Crippen molar-refractivity contribution in [2.75, 3.05) is 26.3 Å². The van der Waals surface area contributed by atoms with Crippen molar-refractivity contribution in [1.82, 2.24) is 4.90 Å². The summed E-state index contributed by atoms with van der Waals surface area (Å²) in [6.07, 6.45) is 2.48. The smallest absolute Gasteiger partial charge is 0.0510 e. The van der Waals surface area contributed by atoms with Crippen LogP contribution in [0.1, 0.15) is 19.8 Å². The summed E-state index contributed by atoms with van der Waals surface area (Å²) in [5.41, 5.74) is 5.79. The molecule has 2 atom stereocenters. The molecule has 0 amide bonds. The number of hydrogen-bond donors (Lipinski definition) is 1. The highest BCUT2D eigenvalue weighted by Crippen LogP contribution is 2.26. The van der Waals surface area contributed by atoms with E-state index in [2.05, 4.69) is 11.8 Å². The molecule has 2 unspecified atom stereocenters. The predicted octanol–water partition coefficient (Wildman–Crippen LogP) is 0.444. The van der Waals surface area contributed by atoms with Gasteiger partial charge in [-0.2, -0.15) is 0 Å². The second-order valence-corrected chi connectivity index (χ2v) is 4.31. The summed E-state index contributed by atoms with van der Waals surface area (Å²) in [6, 6.07) is 1.15. The average molecular weight is 184 g/mol. The summed E-state index contributed by atoms with van der Waals surface area (Å²) in [7, 11) is 0. The fourth-order valence-electron chi connectivity index (χ4n) is 2.57. The van der Waals surface area contributed by atoms with E-state index >= 15 is 0 Å². The lowest BCUT2D eigenvalue weighted by molar-refractivity contribution is 0.0506. The zero-order valence-electron chi connectivity index (χ0n) is 8.41. The van der Waals surface area contributed by atoms with Gasteiger partial charge in [-0.15, -0.1) is 0 Å². The second-order valence-electron chi connectivity index (χ2n) is 4.31. The third-order valence-electron chi connectivity index (χ3n) is 3.33. The summed E-state index contributed by atoms with van der Waals surface area (Å²) in [5.74, 6) is 0.762. The van der Waals surface area contributed by atoms with E-state index in [1.165, 1.54) is 12.8 Å². The Labute approximate surface area is 80.2 Å². The Balaban J connectivity index is 1.85. The van der Waals surface area contributed by atoms with E-state index in [0.717, 1.165) is 38.3 Å². The van der Waals surface area contributed by atoms with Crippen LogP contribution >= 0.6 is 0 Å². The Bertz CT molecular complexity index is 162. The van der Waals surface area contributed by atoms with Crippen LogP contribution < -0.4 is 5.73 Å². The molecule has 3 nitrogen and oxygen atoms in total. The van der Waals surface area contributed by atoms with Crippen LogP contribution in [-0.4, -0.2) is 43.3 Å². The van der Waals surface area contributed by atoms with Crippen LogP contribution in [0.4, 0.5) is 0 Å². The summed E-state index contributed by atoms with van der Waals surface area (Å²) in [6.45, 7) is 6.38. The number of nitrogens with zero attached hydrogens (tertiary/aromatic N) is 1. The quantitative estimate of drug-likeness (QED) is 0.692. The Morgan fingerprint density at radius 2 is 2.31 bits per heavy atom. The van der Waals surface area contributed by atoms with Crippen LogP contribution in [0.2, 0.25) is 0 Å². The normalized spacial score (nSPS) is 33.2. The maximum Gasteiger partial charge on any atom is 0.0510 e. The molecule has 0 aromatic heterocycles. The lowest BCUT2D eigenvalue weighted by Gasteiger charge is -2.44. The molecule has 0 bridgehead atoms. The standard InChI is InChI=1S/C10H20N2O/c1-2-10(8-3-4-13-7-8)12-5-9(11)6-12/h8-10H,2-7,11H2,1H3. The molecule has 2 heterocycles. The molecule has 2 fully saturated rings. The number of ether oxygens (including phenoxy) is 1. The minimum absolute atomic E-state index is 0.427. The SMILES string of the molecule is CCC(C1CCOC1)N1CC(N)C1. The van der Waals surface area contributed by atoms with Crippen molar-refractivity contribution in [2.24, 2.45) is 11.7 Å². The Morgan fingerprint density at radius 1 is 1.54 bits per heavy atom. The first-order chi connectivity index (χ1) is 6.31. The molecule has 3 heteroatoms. The summed E-state index contributed by atoms with van der Waals surface area (Å²) in [4.78, 5) is 2.52. The van der Waals surface area contributed by atoms with Gasteiger partial charge in [-0.05, 0) is 18.8 Å². The van der Waals surface area contributed by atoms with E-state index in [-0.39, 0.29) is 0 Å². The first kappa shape index (κ1) is 9.44. The lowest BCUT2D eigenvalue weighted by atomic mass is 9.92. The summed E-state index contributed by atoms with van der Waals surface area (Å²) >= 11 is 0. The molecular weight excluding hydrogens is 164 g/mol. The molecule has 0 radical (unpaired) electrons. The minimum atomic E-state index is 0.427. The van der Waals surface area contributed by atoms with Crippen LogP contribution in [0.15, 0.2) is 0 Å². The predicted molar refractivity (Wildman–Crippen MR) is 52.6 cm³/mol. The van der Waals surface area contributed by atoms with E-state index in [9.17, 15) is 0 Å². The van der Waals surface area contributed by atoms with E-state index in [1.807, 2.05) is 0 Å². The highest BCUT2D eigenvalue weighted by molar-refractivity contribution is 4.91. The van der Waals surface area contributed by atoms with Gasteiger partial charge in [0.2, 0.25) is 0 Å². The van der Waals surface area contributed by atoms with Crippen molar-refractivity contribution in [2.45, 2.75) is 31.8 Å². The molecule has 2 aliphatic rings. The number of rotatable bonds is 3. The summed E-state index contributed by atoms with van der Waals surface area (Å²) in [5, 5.41) is 0. The molecule has 2 rings (SSSR count). The molecule has 2 aliphatic heterocycles. The second kappa shape index (κ2) is 3.95. The number of nitrogens with two attached hydrogens (primary N) is 1. The largest absolute Gasteiger partial charge is 0.381 e. The highest BCUT2D eigenvalue weighted by Gasteiger charge is 2.35. The van der Waals surface area contributed by atoms with E-state index in [4.69, 9.17) is 10.5 Å². The highest BCUT2D eigenvalue weighted by atomic mass is 16.5. The third-order valence-corrected chi connectivity index (χ3v) is 3.33. The van der Waals surface area contributed by atoms with Crippen LogP contribution in [0.3, 0.4) is 0 Å². The minimum Gasteiger partial charge on any atom is -0.381 e. The van der Waals surface area contributed by atoms with Crippen molar-refractivity contribution >= 4 is 0 Å². The Morgan fingerprint density at radius 3 is 2.77 bits per heavy atom. The molecular formula is C10H20N2O. The zero-order chi connectivity index (χ0) is 9.26. The molecule has 0 aromatic rings. The van der Waals surface area contributed by atoms with Gasteiger partial charge in [-0.3, -0.25) is 4.90 Å². The van der Waals surface area contributed by atoms with Crippen LogP contribution in [0.25, 0.3) is 0 Å². The molecule has 2 N–H and O–H groups in total. The molecule has 13 heavy (non-hydrogen) atoms. The monoisotopic (exact) mass is 184 g/mol. The first-order valence-electron chi connectivity index (χ1n) is 5.38. The van der Waals surface area contributed by atoms with Gasteiger partial charge >= 0.3 is 0 Å². The maximum absolute atomic E-state index is 5.79. The fourth-order valence-corrected chi connectivity index (χ4v) is 2.57. The molecule has 76 valence electrons. The average Bonchev–Trinajstić information content (AvgIpc) is 2.55. The molecule has 2 saturated heterocycles. The Hall–Kier alpha value is -0.120. The van der Waals surface area contributed by atoms with Crippen molar-refractivity contribution < 1.29 is 4.74 Å². The lowest BCUT2D eigenvalue weighted by Crippen LogP contribution is -2.60. The molecule has 0 spiro atoms. The van der Waals surface area contributed by atoms with Crippen LogP contribution in [0.5, 0.6) is 0 Å². The van der Waals surface area contributed by atoms with Crippen molar-refractivity contribution in [1.29, 1.82) is 0 Å². The van der Waals surface area contributed by atoms with Gasteiger partial charge < -0.3 is 10.5 Å². The first-order valence-corrected chi connectivity index (χ1v) is 5.38. The van der Waals surface area contributed by atoms with E-state index in [0.29, 0.717) is 6.04 Å². The van der Waals surface area contributed by atoms with E-state index < -0.39 is 0 Å². The Kier molecular flexibility index (Phi) is 2.86. The van der Waals surface area contributed by atoms with E-state index in [1.54, 1.807) is 0 Å². The van der Waals surface area contributed by atoms with Crippen molar-refractivity contribution in [3.63, 3.8) is 0 Å². The molecule has 0 saturated carbocycles. The molecule has 0 aliphatic carbocycles. The van der Waals surface area contributed by atoms with Gasteiger partial charge in [0.25, 0.3) is 0 Å². The third kappa shape index (κ3) is 1.87. The zero-order valence-corrected chi connectivity index (χ0v) is 8.41. The number of likely N-dealkylation sites (tertiary alicyclic amines) is 1. The van der Waals surface area contributed by atoms with Gasteiger partial charge in [-0.1, -0.05) is 6.92 Å². The molecule has 0 aromatic carbocycles. The fraction of sp³-hybridized carbons (Fsp3) is 1.00. The number of hydrogen-bond acceptors (Lipinski definition) is 3.